The molecule has 6 heteroatoms. The Labute approximate surface area is 135 Å². The first-order valence-corrected chi connectivity index (χ1v) is 7.94. The Morgan fingerprint density at radius 1 is 1.27 bits per heavy atom. The molecular formula is C16H22N4OS. The van der Waals surface area contributed by atoms with Gasteiger partial charge in [-0.1, -0.05) is 25.6 Å². The molecule has 118 valence electrons. The first-order chi connectivity index (χ1) is 10.5. The fraction of sp³-hybridized carbons (Fsp3) is 0.375. The molecular weight excluding hydrogens is 296 g/mol. The number of rotatable bonds is 5. The number of nitrogens with zero attached hydrogens (tertiary/aromatic N) is 2. The lowest BCUT2D eigenvalue weighted by atomic mass is 10.0. The number of aryl methyl sites for hydroxylation is 1. The second kappa shape index (κ2) is 6.87. The van der Waals surface area contributed by atoms with Crippen molar-refractivity contribution < 1.29 is 4.74 Å². The molecule has 0 unspecified atom stereocenters. The molecule has 1 heterocycles. The van der Waals surface area contributed by atoms with Gasteiger partial charge in [-0.15, -0.1) is 0 Å². The highest BCUT2D eigenvalue weighted by Crippen LogP contribution is 2.39. The number of hydrogen-bond donors (Lipinski definition) is 2. The molecule has 5 nitrogen and oxygen atoms in total. The quantitative estimate of drug-likeness (QED) is 0.876. The molecule has 0 aliphatic carbocycles. The van der Waals surface area contributed by atoms with Crippen LogP contribution in [0.2, 0.25) is 0 Å². The zero-order valence-corrected chi connectivity index (χ0v) is 14.4. The van der Waals surface area contributed by atoms with Crippen LogP contribution in [0.5, 0.6) is 5.75 Å². The van der Waals surface area contributed by atoms with E-state index in [1.54, 1.807) is 32.1 Å². The standard InChI is InChI=1S/C16H22N4OS/c1-9(2)11-7-12(21-5)10(3)6-13(11)22-14-8-19-16(18-4)20-15(14)17/h6-9H,1-5H3,(H3,17,18,19,20). The van der Waals surface area contributed by atoms with Crippen LogP contribution < -0.4 is 15.8 Å². The minimum atomic E-state index is 0.385. The summed E-state index contributed by atoms with van der Waals surface area (Å²) in [4.78, 5) is 10.5. The van der Waals surface area contributed by atoms with Gasteiger partial charge in [0.1, 0.15) is 11.6 Å². The first kappa shape index (κ1) is 16.4. The van der Waals surface area contributed by atoms with Crippen molar-refractivity contribution in [2.75, 3.05) is 25.2 Å². The molecule has 0 radical (unpaired) electrons. The summed E-state index contributed by atoms with van der Waals surface area (Å²) in [7, 11) is 3.47. The van der Waals surface area contributed by atoms with E-state index >= 15 is 0 Å². The summed E-state index contributed by atoms with van der Waals surface area (Å²) in [5, 5.41) is 2.88. The summed E-state index contributed by atoms with van der Waals surface area (Å²) in [5.74, 6) is 2.29. The highest BCUT2D eigenvalue weighted by molar-refractivity contribution is 7.99. The van der Waals surface area contributed by atoms with E-state index in [0.29, 0.717) is 17.7 Å². The summed E-state index contributed by atoms with van der Waals surface area (Å²) in [6.45, 7) is 6.37. The fourth-order valence-electron chi connectivity index (χ4n) is 2.14. The van der Waals surface area contributed by atoms with Crippen molar-refractivity contribution in [3.63, 3.8) is 0 Å². The number of ether oxygens (including phenoxy) is 1. The highest BCUT2D eigenvalue weighted by Gasteiger charge is 2.14. The summed E-state index contributed by atoms with van der Waals surface area (Å²) >= 11 is 1.59. The molecule has 0 aliphatic rings. The number of nitrogen functional groups attached to an aromatic ring is 1. The van der Waals surface area contributed by atoms with Crippen molar-refractivity contribution in [3.8, 4) is 5.75 Å². The zero-order valence-electron chi connectivity index (χ0n) is 13.6. The molecule has 1 aromatic carbocycles. The van der Waals surface area contributed by atoms with Crippen molar-refractivity contribution in [1.29, 1.82) is 0 Å². The molecule has 0 fully saturated rings. The van der Waals surface area contributed by atoms with E-state index in [4.69, 9.17) is 10.5 Å². The molecule has 0 bridgehead atoms. The van der Waals surface area contributed by atoms with Crippen LogP contribution in [0, 0.1) is 6.92 Å². The van der Waals surface area contributed by atoms with Gasteiger partial charge in [0.05, 0.1) is 12.0 Å². The van der Waals surface area contributed by atoms with Crippen molar-refractivity contribution in [1.82, 2.24) is 9.97 Å². The first-order valence-electron chi connectivity index (χ1n) is 7.13. The van der Waals surface area contributed by atoms with Gasteiger partial charge in [-0.05, 0) is 36.1 Å². The van der Waals surface area contributed by atoms with Crippen LogP contribution in [-0.2, 0) is 0 Å². The topological polar surface area (TPSA) is 73.1 Å². The molecule has 0 aliphatic heterocycles. The number of nitrogens with two attached hydrogens (primary N) is 1. The van der Waals surface area contributed by atoms with Gasteiger partial charge in [0.2, 0.25) is 5.95 Å². The maximum absolute atomic E-state index is 6.03. The van der Waals surface area contributed by atoms with Gasteiger partial charge < -0.3 is 15.8 Å². The van der Waals surface area contributed by atoms with E-state index in [2.05, 4.69) is 41.3 Å². The molecule has 0 spiro atoms. The van der Waals surface area contributed by atoms with Gasteiger partial charge in [0, 0.05) is 18.1 Å². The maximum Gasteiger partial charge on any atom is 0.224 e. The monoisotopic (exact) mass is 318 g/mol. The van der Waals surface area contributed by atoms with E-state index in [1.165, 1.54) is 5.56 Å². The lowest BCUT2D eigenvalue weighted by Gasteiger charge is -2.16. The number of hydrogen-bond acceptors (Lipinski definition) is 6. The largest absolute Gasteiger partial charge is 0.496 e. The van der Waals surface area contributed by atoms with Crippen LogP contribution in [0.3, 0.4) is 0 Å². The molecule has 2 aromatic rings. The SMILES string of the molecule is CNc1ncc(Sc2cc(C)c(OC)cc2C(C)C)c(N)n1. The maximum atomic E-state index is 6.03. The second-order valence-corrected chi connectivity index (χ2v) is 6.39. The van der Waals surface area contributed by atoms with Gasteiger partial charge in [-0.2, -0.15) is 4.98 Å². The Morgan fingerprint density at radius 2 is 2.00 bits per heavy atom. The highest BCUT2D eigenvalue weighted by atomic mass is 32.2. The minimum absolute atomic E-state index is 0.385. The van der Waals surface area contributed by atoms with E-state index in [1.807, 2.05) is 6.92 Å². The lowest BCUT2D eigenvalue weighted by Crippen LogP contribution is -2.01. The average Bonchev–Trinajstić information content (AvgIpc) is 2.49. The van der Waals surface area contributed by atoms with Crippen LogP contribution in [0.25, 0.3) is 0 Å². The summed E-state index contributed by atoms with van der Waals surface area (Å²) < 4.78 is 5.43. The second-order valence-electron chi connectivity index (χ2n) is 5.31. The Hall–Kier alpha value is -1.95. The number of benzene rings is 1. The predicted molar refractivity (Wildman–Crippen MR) is 91.9 cm³/mol. The van der Waals surface area contributed by atoms with E-state index in [9.17, 15) is 0 Å². The molecule has 22 heavy (non-hydrogen) atoms. The van der Waals surface area contributed by atoms with Crippen LogP contribution in [0.4, 0.5) is 11.8 Å². The fourth-order valence-corrected chi connectivity index (χ4v) is 3.28. The van der Waals surface area contributed by atoms with Gasteiger partial charge in [0.25, 0.3) is 0 Å². The van der Waals surface area contributed by atoms with Crippen LogP contribution in [-0.4, -0.2) is 24.1 Å². The third kappa shape index (κ3) is 3.44. The van der Waals surface area contributed by atoms with E-state index < -0.39 is 0 Å². The smallest absolute Gasteiger partial charge is 0.224 e. The number of aromatic nitrogens is 2. The van der Waals surface area contributed by atoms with E-state index in [-0.39, 0.29) is 0 Å². The molecule has 0 saturated carbocycles. The molecule has 0 atom stereocenters. The van der Waals surface area contributed by atoms with Crippen molar-refractivity contribution >= 4 is 23.5 Å². The van der Waals surface area contributed by atoms with Gasteiger partial charge >= 0.3 is 0 Å². The van der Waals surface area contributed by atoms with Crippen molar-refractivity contribution in [2.24, 2.45) is 0 Å². The van der Waals surface area contributed by atoms with Crippen LogP contribution in [0.15, 0.2) is 28.1 Å². The lowest BCUT2D eigenvalue weighted by molar-refractivity contribution is 0.410. The summed E-state index contributed by atoms with van der Waals surface area (Å²) in [6, 6.07) is 4.23. The van der Waals surface area contributed by atoms with Crippen molar-refractivity contribution in [2.45, 2.75) is 36.5 Å². The van der Waals surface area contributed by atoms with Gasteiger partial charge in [-0.3, -0.25) is 0 Å². The Bertz CT molecular complexity index is 673. The van der Waals surface area contributed by atoms with Crippen molar-refractivity contribution in [3.05, 3.63) is 29.5 Å². The predicted octanol–water partition coefficient (Wildman–Crippen LogP) is 3.69. The number of methoxy groups -OCH3 is 1. The van der Waals surface area contributed by atoms with Gasteiger partial charge in [-0.25, -0.2) is 4.98 Å². The average molecular weight is 318 g/mol. The molecule has 3 N–H and O–H groups in total. The summed E-state index contributed by atoms with van der Waals surface area (Å²) in [5.41, 5.74) is 8.35. The normalized spacial score (nSPS) is 10.8. The number of anilines is 2. The van der Waals surface area contributed by atoms with Gasteiger partial charge in [0.15, 0.2) is 0 Å². The summed E-state index contributed by atoms with van der Waals surface area (Å²) in [6.07, 6.45) is 1.75. The zero-order chi connectivity index (χ0) is 16.3. The number of nitrogens with one attached hydrogen (secondary N) is 1. The molecule has 1 aromatic heterocycles. The van der Waals surface area contributed by atoms with Crippen LogP contribution >= 0.6 is 11.8 Å². The Balaban J connectivity index is 2.42. The molecule has 0 saturated heterocycles. The third-order valence-electron chi connectivity index (χ3n) is 3.38. The Morgan fingerprint density at radius 3 is 2.55 bits per heavy atom. The minimum Gasteiger partial charge on any atom is -0.496 e. The molecule has 0 amide bonds. The molecule has 2 rings (SSSR count). The van der Waals surface area contributed by atoms with E-state index in [0.717, 1.165) is 21.1 Å². The third-order valence-corrected chi connectivity index (χ3v) is 4.48. The van der Waals surface area contributed by atoms with Crippen LogP contribution in [0.1, 0.15) is 30.9 Å². The Kier molecular flexibility index (Phi) is 5.13.